The summed E-state index contributed by atoms with van der Waals surface area (Å²) < 4.78 is 0. The fourth-order valence-corrected chi connectivity index (χ4v) is 2.14. The van der Waals surface area contributed by atoms with Crippen LogP contribution in [0.3, 0.4) is 0 Å². The lowest BCUT2D eigenvalue weighted by atomic mass is 9.98. The summed E-state index contributed by atoms with van der Waals surface area (Å²) in [7, 11) is 0. The molecule has 0 amide bonds. The van der Waals surface area contributed by atoms with Crippen LogP contribution >= 0.6 is 11.6 Å². The smallest absolute Gasteiger partial charge is 0.172 e. The third-order valence-corrected chi connectivity index (χ3v) is 3.05. The first kappa shape index (κ1) is 11.1. The molecule has 0 saturated carbocycles. The molecule has 4 heteroatoms. The minimum Gasteiger partial charge on any atom is -0.294 e. The van der Waals surface area contributed by atoms with Gasteiger partial charge in [-0.3, -0.25) is 4.79 Å². The van der Waals surface area contributed by atoms with E-state index in [2.05, 4.69) is 9.98 Å². The molecule has 18 heavy (non-hydrogen) atoms. The predicted octanol–water partition coefficient (Wildman–Crippen LogP) is 3.44. The number of carbonyl (C=O) groups excluding carboxylic acids is 1. The van der Waals surface area contributed by atoms with E-state index in [0.29, 0.717) is 28.5 Å². The van der Waals surface area contributed by atoms with Crippen molar-refractivity contribution in [2.45, 2.75) is 6.42 Å². The van der Waals surface area contributed by atoms with Crippen molar-refractivity contribution in [2.24, 2.45) is 4.99 Å². The number of pyridine rings is 1. The van der Waals surface area contributed by atoms with Crippen molar-refractivity contribution < 1.29 is 4.79 Å². The Labute approximate surface area is 109 Å². The number of aromatic nitrogens is 1. The van der Waals surface area contributed by atoms with E-state index in [1.54, 1.807) is 24.4 Å². The van der Waals surface area contributed by atoms with E-state index < -0.39 is 0 Å². The number of benzene rings is 1. The van der Waals surface area contributed by atoms with Crippen molar-refractivity contribution in [1.82, 2.24) is 4.98 Å². The zero-order valence-electron chi connectivity index (χ0n) is 9.43. The van der Waals surface area contributed by atoms with E-state index in [1.165, 1.54) is 0 Å². The van der Waals surface area contributed by atoms with Gasteiger partial charge in [0, 0.05) is 11.2 Å². The SMILES string of the molecule is O=C1CC(c2cccc(Cl)c2)=Nc2ncccc21. The summed E-state index contributed by atoms with van der Waals surface area (Å²) in [6.07, 6.45) is 1.93. The van der Waals surface area contributed by atoms with Gasteiger partial charge in [-0.1, -0.05) is 23.7 Å². The van der Waals surface area contributed by atoms with E-state index in [0.717, 1.165) is 5.56 Å². The maximum absolute atomic E-state index is 12.0. The summed E-state index contributed by atoms with van der Waals surface area (Å²) in [5, 5.41) is 0.634. The summed E-state index contributed by atoms with van der Waals surface area (Å²) in [5.74, 6) is 0.534. The van der Waals surface area contributed by atoms with Crippen LogP contribution in [0, 0.1) is 0 Å². The van der Waals surface area contributed by atoms with Crippen LogP contribution in [0.5, 0.6) is 0 Å². The molecule has 2 heterocycles. The first-order chi connectivity index (χ1) is 8.74. The van der Waals surface area contributed by atoms with Crippen molar-refractivity contribution >= 4 is 28.9 Å². The molecule has 0 radical (unpaired) electrons. The molecule has 0 unspecified atom stereocenters. The molecule has 1 aromatic carbocycles. The van der Waals surface area contributed by atoms with Crippen molar-refractivity contribution in [3.05, 3.63) is 58.7 Å². The molecule has 0 fully saturated rings. The van der Waals surface area contributed by atoms with Crippen LogP contribution in [0.15, 0.2) is 47.6 Å². The van der Waals surface area contributed by atoms with E-state index in [9.17, 15) is 4.79 Å². The lowest BCUT2D eigenvalue weighted by molar-refractivity contribution is 0.0999. The Bertz CT molecular complexity index is 664. The summed E-state index contributed by atoms with van der Waals surface area (Å²) in [6, 6.07) is 10.8. The van der Waals surface area contributed by atoms with Crippen molar-refractivity contribution in [2.75, 3.05) is 0 Å². The Balaban J connectivity index is 2.11. The Hall–Kier alpha value is -2.00. The van der Waals surface area contributed by atoms with E-state index in [-0.39, 0.29) is 5.78 Å². The highest BCUT2D eigenvalue weighted by molar-refractivity contribution is 6.31. The Morgan fingerprint density at radius 2 is 2.06 bits per heavy atom. The van der Waals surface area contributed by atoms with Gasteiger partial charge in [-0.2, -0.15) is 0 Å². The van der Waals surface area contributed by atoms with E-state index in [1.807, 2.05) is 18.2 Å². The van der Waals surface area contributed by atoms with Crippen LogP contribution in [0.1, 0.15) is 22.3 Å². The van der Waals surface area contributed by atoms with Gasteiger partial charge in [0.15, 0.2) is 11.6 Å². The molecule has 0 N–H and O–H groups in total. The van der Waals surface area contributed by atoms with Gasteiger partial charge in [0.25, 0.3) is 0 Å². The van der Waals surface area contributed by atoms with E-state index in [4.69, 9.17) is 11.6 Å². The van der Waals surface area contributed by atoms with E-state index >= 15 is 0 Å². The summed E-state index contributed by atoms with van der Waals surface area (Å²) in [4.78, 5) is 20.6. The zero-order valence-corrected chi connectivity index (χ0v) is 10.2. The third-order valence-electron chi connectivity index (χ3n) is 2.81. The fourth-order valence-electron chi connectivity index (χ4n) is 1.95. The largest absolute Gasteiger partial charge is 0.294 e. The standard InChI is InChI=1S/C14H9ClN2O/c15-10-4-1-3-9(7-10)12-8-13(18)11-5-2-6-16-14(11)17-12/h1-7H,8H2. The van der Waals surface area contributed by atoms with Gasteiger partial charge in [0.05, 0.1) is 17.7 Å². The molecule has 88 valence electrons. The second-order valence-corrected chi connectivity index (χ2v) is 4.48. The molecule has 1 aliphatic heterocycles. The number of carbonyl (C=O) groups is 1. The lowest BCUT2D eigenvalue weighted by Gasteiger charge is -2.13. The first-order valence-electron chi connectivity index (χ1n) is 5.56. The van der Waals surface area contributed by atoms with Crippen LogP contribution in [0.4, 0.5) is 5.82 Å². The predicted molar refractivity (Wildman–Crippen MR) is 70.8 cm³/mol. The minimum absolute atomic E-state index is 0.0445. The Morgan fingerprint density at radius 1 is 1.17 bits per heavy atom. The molecule has 0 atom stereocenters. The van der Waals surface area contributed by atoms with Crippen LogP contribution in [0.25, 0.3) is 0 Å². The molecule has 0 saturated heterocycles. The summed E-state index contributed by atoms with van der Waals surface area (Å²) in [6.45, 7) is 0. The van der Waals surface area contributed by atoms with Gasteiger partial charge < -0.3 is 0 Å². The van der Waals surface area contributed by atoms with Crippen molar-refractivity contribution in [1.29, 1.82) is 0 Å². The van der Waals surface area contributed by atoms with Crippen LogP contribution in [0.2, 0.25) is 5.02 Å². The molecular weight excluding hydrogens is 248 g/mol. The maximum atomic E-state index is 12.0. The Kier molecular flexibility index (Phi) is 2.68. The molecular formula is C14H9ClN2O. The average molecular weight is 257 g/mol. The van der Waals surface area contributed by atoms with Crippen LogP contribution < -0.4 is 0 Å². The van der Waals surface area contributed by atoms with Gasteiger partial charge in [0.2, 0.25) is 0 Å². The summed E-state index contributed by atoms with van der Waals surface area (Å²) >= 11 is 5.95. The van der Waals surface area contributed by atoms with Crippen LogP contribution in [-0.4, -0.2) is 16.5 Å². The molecule has 2 aromatic rings. The number of hydrogen-bond acceptors (Lipinski definition) is 3. The molecule has 1 aliphatic rings. The first-order valence-corrected chi connectivity index (χ1v) is 5.93. The monoisotopic (exact) mass is 256 g/mol. The number of rotatable bonds is 1. The van der Waals surface area contributed by atoms with Gasteiger partial charge in [-0.05, 0) is 29.8 Å². The van der Waals surface area contributed by atoms with Gasteiger partial charge in [-0.15, -0.1) is 0 Å². The third kappa shape index (κ3) is 1.93. The maximum Gasteiger partial charge on any atom is 0.172 e. The number of halogens is 1. The van der Waals surface area contributed by atoms with Crippen molar-refractivity contribution in [3.8, 4) is 0 Å². The van der Waals surface area contributed by atoms with Gasteiger partial charge in [0.1, 0.15) is 0 Å². The number of aliphatic imine (C=N–C) groups is 1. The molecule has 0 bridgehead atoms. The lowest BCUT2D eigenvalue weighted by Crippen LogP contribution is -2.14. The topological polar surface area (TPSA) is 42.3 Å². The van der Waals surface area contributed by atoms with Gasteiger partial charge in [-0.25, -0.2) is 9.98 Å². The number of Topliss-reactive ketones (excluding diaryl/α,β-unsaturated/α-hetero) is 1. The highest BCUT2D eigenvalue weighted by atomic mass is 35.5. The molecule has 0 spiro atoms. The Morgan fingerprint density at radius 3 is 2.89 bits per heavy atom. The second kappa shape index (κ2) is 4.35. The van der Waals surface area contributed by atoms with Gasteiger partial charge >= 0.3 is 0 Å². The second-order valence-electron chi connectivity index (χ2n) is 4.04. The highest BCUT2D eigenvalue weighted by Crippen LogP contribution is 2.25. The number of fused-ring (bicyclic) bond motifs is 1. The van der Waals surface area contributed by atoms with Crippen molar-refractivity contribution in [3.63, 3.8) is 0 Å². The number of nitrogens with zero attached hydrogens (tertiary/aromatic N) is 2. The highest BCUT2D eigenvalue weighted by Gasteiger charge is 2.21. The summed E-state index contributed by atoms with van der Waals surface area (Å²) in [5.41, 5.74) is 2.17. The normalized spacial score (nSPS) is 14.1. The molecule has 0 aliphatic carbocycles. The molecule has 1 aromatic heterocycles. The quantitative estimate of drug-likeness (QED) is 0.784. The number of ketones is 1. The fraction of sp³-hybridized carbons (Fsp3) is 0.0714. The average Bonchev–Trinajstić information content (AvgIpc) is 2.39. The molecule has 3 rings (SSSR count). The van der Waals surface area contributed by atoms with Crippen LogP contribution in [-0.2, 0) is 0 Å². The number of hydrogen-bond donors (Lipinski definition) is 0. The minimum atomic E-state index is 0.0445. The zero-order chi connectivity index (χ0) is 12.5. The molecule has 3 nitrogen and oxygen atoms in total.